The third-order valence-electron chi connectivity index (χ3n) is 13.6. The molecule has 6 nitrogen and oxygen atoms in total. The molecule has 70 heavy (non-hydrogen) atoms. The zero-order valence-electron chi connectivity index (χ0n) is 39.1. The van der Waals surface area contributed by atoms with E-state index in [2.05, 4.69) is 228 Å². The highest BCUT2D eigenvalue weighted by molar-refractivity contribution is 5.95. The Balaban J connectivity index is 0.980. The van der Waals surface area contributed by atoms with Crippen molar-refractivity contribution in [3.05, 3.63) is 231 Å². The number of hydrogen-bond acceptors (Lipinski definition) is 4. The normalized spacial score (nSPS) is 11.4. The number of hydrogen-bond donors (Lipinski definition) is 0. The van der Waals surface area contributed by atoms with Crippen LogP contribution in [0, 0.1) is 0 Å². The molecular weight excluding hydrogens is 855 g/mol. The van der Waals surface area contributed by atoms with Gasteiger partial charge in [0.1, 0.15) is 17.4 Å². The van der Waals surface area contributed by atoms with Gasteiger partial charge in [-0.05, 0) is 115 Å². The van der Waals surface area contributed by atoms with Gasteiger partial charge in [-0.3, -0.25) is 4.98 Å². The fourth-order valence-corrected chi connectivity index (χ4v) is 9.98. The number of nitrogens with zero attached hydrogens (tertiary/aromatic N) is 5. The van der Waals surface area contributed by atoms with Crippen molar-refractivity contribution in [2.75, 3.05) is 7.11 Å². The van der Waals surface area contributed by atoms with Crippen LogP contribution in [0.25, 0.3) is 123 Å². The lowest BCUT2D eigenvalue weighted by molar-refractivity contribution is 0.414. The van der Waals surface area contributed by atoms with Crippen molar-refractivity contribution >= 4 is 22.1 Å². The number of benzene rings is 9. The topological polar surface area (TPSA) is 57.8 Å². The van der Waals surface area contributed by atoms with E-state index in [1.54, 1.807) is 13.3 Å². The van der Waals surface area contributed by atoms with Crippen LogP contribution in [0.15, 0.2) is 231 Å². The summed E-state index contributed by atoms with van der Waals surface area (Å²) in [5, 5.41) is 0. The summed E-state index contributed by atoms with van der Waals surface area (Å²) >= 11 is 0. The van der Waals surface area contributed by atoms with Crippen LogP contribution in [0.2, 0.25) is 0 Å². The Kier molecular flexibility index (Phi) is 10.8. The van der Waals surface area contributed by atoms with Crippen molar-refractivity contribution in [2.24, 2.45) is 14.1 Å². The molecule has 0 aliphatic carbocycles. The summed E-state index contributed by atoms with van der Waals surface area (Å²) in [6, 6.07) is 80.1. The van der Waals surface area contributed by atoms with Gasteiger partial charge in [-0.15, -0.1) is 0 Å². The minimum atomic E-state index is 0.781. The number of methoxy groups -OCH3 is 1. The third kappa shape index (κ3) is 7.71. The van der Waals surface area contributed by atoms with Crippen molar-refractivity contribution in [1.29, 1.82) is 0 Å². The van der Waals surface area contributed by atoms with E-state index in [4.69, 9.17) is 14.7 Å². The molecule has 0 fully saturated rings. The molecule has 12 rings (SSSR count). The Bertz CT molecular complexity index is 3700. The molecule has 0 atom stereocenters. The second kappa shape index (κ2) is 17.8. The van der Waals surface area contributed by atoms with Crippen LogP contribution in [0.3, 0.4) is 0 Å². The van der Waals surface area contributed by atoms with E-state index < -0.39 is 0 Å². The minimum Gasteiger partial charge on any atom is -0.497 e. The molecule has 0 saturated carbocycles. The smallest absolute Gasteiger partial charge is 0.140 e. The Hall–Kier alpha value is -9.13. The molecule has 0 bridgehead atoms. The van der Waals surface area contributed by atoms with E-state index in [9.17, 15) is 0 Å². The van der Waals surface area contributed by atoms with Crippen LogP contribution >= 0.6 is 0 Å². The summed E-state index contributed by atoms with van der Waals surface area (Å²) in [5.74, 6) is 2.67. The average Bonchev–Trinajstić information content (AvgIpc) is 3.96. The van der Waals surface area contributed by atoms with Crippen LogP contribution in [0.4, 0.5) is 0 Å². The number of aryl methyl sites for hydroxylation is 2. The Morgan fingerprint density at radius 2 is 0.657 bits per heavy atom. The zero-order valence-corrected chi connectivity index (χ0v) is 39.1. The summed E-state index contributed by atoms with van der Waals surface area (Å²) in [7, 11) is 5.85. The van der Waals surface area contributed by atoms with Crippen molar-refractivity contribution < 1.29 is 4.74 Å². The number of para-hydroxylation sites is 4. The van der Waals surface area contributed by atoms with E-state index in [0.717, 1.165) is 129 Å². The highest BCUT2D eigenvalue weighted by Crippen LogP contribution is 2.43. The lowest BCUT2D eigenvalue weighted by Crippen LogP contribution is -1.94. The largest absolute Gasteiger partial charge is 0.497 e. The molecule has 0 N–H and O–H groups in total. The van der Waals surface area contributed by atoms with Crippen molar-refractivity contribution in [1.82, 2.24) is 24.1 Å². The molecule has 0 spiro atoms. The maximum Gasteiger partial charge on any atom is 0.140 e. The third-order valence-corrected chi connectivity index (χ3v) is 13.6. The van der Waals surface area contributed by atoms with Gasteiger partial charge in [-0.2, -0.15) is 0 Å². The molecule has 3 heterocycles. The maximum absolute atomic E-state index is 5.51. The number of rotatable bonds is 10. The molecule has 0 amide bonds. The highest BCUT2D eigenvalue weighted by Gasteiger charge is 2.18. The van der Waals surface area contributed by atoms with Gasteiger partial charge in [0.05, 0.1) is 34.9 Å². The maximum atomic E-state index is 5.51. The first kappa shape index (κ1) is 42.2. The molecular formula is C64H47N5O. The van der Waals surface area contributed by atoms with Crippen molar-refractivity contribution in [2.45, 2.75) is 0 Å². The molecule has 9 aromatic carbocycles. The molecule has 12 aromatic rings. The van der Waals surface area contributed by atoms with Gasteiger partial charge in [-0.25, -0.2) is 9.97 Å². The Labute approximate surface area is 407 Å². The summed E-state index contributed by atoms with van der Waals surface area (Å²) in [5.41, 5.74) is 21.9. The van der Waals surface area contributed by atoms with Crippen molar-refractivity contribution in [3.8, 4) is 107 Å². The van der Waals surface area contributed by atoms with E-state index in [1.165, 1.54) is 0 Å². The SMILES string of the molecule is COc1ccnc(-c2ccc(-c3ccccc3-c3cc(-c4ccccc4-c4ccc(-c5nc6ccccc6n5C)cc4)cc(-c4ccccc4-c4ccc(-c5nc6ccccc6n5C)cc4)c3)cc2)c1. The summed E-state index contributed by atoms with van der Waals surface area (Å²) in [4.78, 5) is 14.6. The quantitative estimate of drug-likeness (QED) is 0.137. The van der Waals surface area contributed by atoms with Crippen LogP contribution in [-0.4, -0.2) is 31.2 Å². The van der Waals surface area contributed by atoms with Gasteiger partial charge < -0.3 is 13.9 Å². The van der Waals surface area contributed by atoms with E-state index in [-0.39, 0.29) is 0 Å². The van der Waals surface area contributed by atoms with Gasteiger partial charge >= 0.3 is 0 Å². The zero-order chi connectivity index (χ0) is 47.1. The number of pyridine rings is 1. The number of ether oxygens (including phenoxy) is 1. The second-order valence-electron chi connectivity index (χ2n) is 17.7. The van der Waals surface area contributed by atoms with Crippen molar-refractivity contribution in [3.63, 3.8) is 0 Å². The first-order valence-corrected chi connectivity index (χ1v) is 23.6. The second-order valence-corrected chi connectivity index (χ2v) is 17.7. The lowest BCUT2D eigenvalue weighted by atomic mass is 9.86. The van der Waals surface area contributed by atoms with Gasteiger partial charge in [0, 0.05) is 43.0 Å². The fourth-order valence-electron chi connectivity index (χ4n) is 9.98. The summed E-state index contributed by atoms with van der Waals surface area (Å²) in [6.45, 7) is 0. The van der Waals surface area contributed by atoms with Gasteiger partial charge in [-0.1, -0.05) is 170 Å². The molecule has 334 valence electrons. The molecule has 0 aliphatic heterocycles. The standard InChI is InChI=1S/C64H47N5O/c1-68-61-22-12-10-20-58(61)66-63(68)46-32-26-43(27-33-46)53-15-5-8-18-56(53)49-38-48(55-17-7-4-14-52(55)42-24-30-45(31-25-42)60-41-51(70-3)36-37-65-60)39-50(40-49)57-19-9-6-16-54(57)44-28-34-47(35-29-44)64-67-59-21-11-13-23-62(59)69(64)2/h4-41H,1-3H3. The summed E-state index contributed by atoms with van der Waals surface area (Å²) in [6.07, 6.45) is 1.79. The van der Waals surface area contributed by atoms with Crippen LogP contribution in [-0.2, 0) is 14.1 Å². The first-order valence-electron chi connectivity index (χ1n) is 23.6. The van der Waals surface area contributed by atoms with E-state index >= 15 is 0 Å². The Morgan fingerprint density at radius 1 is 0.329 bits per heavy atom. The molecule has 0 aliphatic rings. The molecule has 3 aromatic heterocycles. The molecule has 6 heteroatoms. The summed E-state index contributed by atoms with van der Waals surface area (Å²) < 4.78 is 9.85. The monoisotopic (exact) mass is 901 g/mol. The predicted octanol–water partition coefficient (Wildman–Crippen LogP) is 15.9. The van der Waals surface area contributed by atoms with Crippen LogP contribution in [0.1, 0.15) is 0 Å². The van der Waals surface area contributed by atoms with Gasteiger partial charge in [0.15, 0.2) is 0 Å². The number of aromatic nitrogens is 5. The average molecular weight is 902 g/mol. The van der Waals surface area contributed by atoms with Crippen LogP contribution in [0.5, 0.6) is 5.75 Å². The predicted molar refractivity (Wildman–Crippen MR) is 288 cm³/mol. The van der Waals surface area contributed by atoms with E-state index in [0.29, 0.717) is 0 Å². The molecule has 0 unspecified atom stereocenters. The van der Waals surface area contributed by atoms with E-state index in [1.807, 2.05) is 24.3 Å². The fraction of sp³-hybridized carbons (Fsp3) is 0.0469. The lowest BCUT2D eigenvalue weighted by Gasteiger charge is -2.18. The minimum absolute atomic E-state index is 0.781. The highest BCUT2D eigenvalue weighted by atomic mass is 16.5. The number of imidazole rings is 2. The van der Waals surface area contributed by atoms with Crippen LogP contribution < -0.4 is 4.74 Å². The molecule has 0 radical (unpaired) electrons. The van der Waals surface area contributed by atoms with Gasteiger partial charge in [0.2, 0.25) is 0 Å². The first-order chi connectivity index (χ1) is 34.5. The Morgan fingerprint density at radius 3 is 1.03 bits per heavy atom. The van der Waals surface area contributed by atoms with Gasteiger partial charge in [0.25, 0.3) is 0 Å². The molecule has 0 saturated heterocycles. The number of fused-ring (bicyclic) bond motifs is 2.